The Hall–Kier alpha value is -1.59. The topological polar surface area (TPSA) is 51.2 Å². The summed E-state index contributed by atoms with van der Waals surface area (Å²) in [5.41, 5.74) is 3.35. The van der Waals surface area contributed by atoms with Crippen LogP contribution in [0.1, 0.15) is 18.1 Å². The second-order valence-electron chi connectivity index (χ2n) is 5.29. The number of ether oxygens (including phenoxy) is 1. The van der Waals surface area contributed by atoms with Crippen molar-refractivity contribution in [2.45, 2.75) is 31.0 Å². The number of methoxy groups -OCH3 is 1. The van der Waals surface area contributed by atoms with Crippen LogP contribution in [0.25, 0.3) is 10.9 Å². The Morgan fingerprint density at radius 3 is 2.86 bits per heavy atom. The molecule has 1 heterocycles. The first-order valence-electron chi connectivity index (χ1n) is 7.33. The van der Waals surface area contributed by atoms with Crippen molar-refractivity contribution in [2.24, 2.45) is 0 Å². The number of carbonyl (C=O) groups is 1. The van der Waals surface area contributed by atoms with Crippen LogP contribution >= 0.6 is 11.8 Å². The van der Waals surface area contributed by atoms with Gasteiger partial charge in [-0.05, 0) is 38.0 Å². The Morgan fingerprint density at radius 2 is 2.14 bits per heavy atom. The molecule has 5 heteroatoms. The average molecular weight is 318 g/mol. The van der Waals surface area contributed by atoms with Gasteiger partial charge >= 0.3 is 0 Å². The maximum Gasteiger partial charge on any atom is 0.233 e. The second kappa shape index (κ2) is 7.61. The number of para-hydroxylation sites is 1. The standard InChI is InChI=1S/C17H22N2O2S/c1-11-6-5-7-14-12(2)10-15(19-16(11)14)22-13(3)17(20)18-8-9-21-4/h5-7,10,13H,8-9H2,1-4H3,(H,18,20)/t13-/m0/s1. The van der Waals surface area contributed by atoms with Gasteiger partial charge in [0, 0.05) is 19.0 Å². The quantitative estimate of drug-likeness (QED) is 0.657. The highest BCUT2D eigenvalue weighted by atomic mass is 32.2. The third kappa shape index (κ3) is 3.99. The van der Waals surface area contributed by atoms with E-state index in [9.17, 15) is 4.79 Å². The Morgan fingerprint density at radius 1 is 1.36 bits per heavy atom. The molecule has 0 saturated heterocycles. The predicted molar refractivity (Wildman–Crippen MR) is 91.4 cm³/mol. The number of pyridine rings is 1. The molecule has 118 valence electrons. The van der Waals surface area contributed by atoms with E-state index in [1.165, 1.54) is 22.7 Å². The highest BCUT2D eigenvalue weighted by Crippen LogP contribution is 2.28. The van der Waals surface area contributed by atoms with Crippen molar-refractivity contribution in [3.8, 4) is 0 Å². The van der Waals surface area contributed by atoms with Crippen molar-refractivity contribution < 1.29 is 9.53 Å². The maximum absolute atomic E-state index is 12.0. The summed E-state index contributed by atoms with van der Waals surface area (Å²) in [5, 5.41) is 4.72. The highest BCUT2D eigenvalue weighted by molar-refractivity contribution is 8.00. The molecule has 0 unspecified atom stereocenters. The smallest absolute Gasteiger partial charge is 0.233 e. The maximum atomic E-state index is 12.0. The molecule has 0 aliphatic carbocycles. The number of aryl methyl sites for hydroxylation is 2. The summed E-state index contributed by atoms with van der Waals surface area (Å²) in [6.07, 6.45) is 0. The van der Waals surface area contributed by atoms with Crippen LogP contribution in [0.15, 0.2) is 29.3 Å². The van der Waals surface area contributed by atoms with E-state index in [1.807, 2.05) is 19.1 Å². The number of aromatic nitrogens is 1. The molecule has 0 aliphatic heterocycles. The minimum absolute atomic E-state index is 0.00591. The molecular formula is C17H22N2O2S. The van der Waals surface area contributed by atoms with Crippen LogP contribution in [0.3, 0.4) is 0 Å². The zero-order chi connectivity index (χ0) is 16.1. The van der Waals surface area contributed by atoms with Gasteiger partial charge in [0.25, 0.3) is 0 Å². The lowest BCUT2D eigenvalue weighted by atomic mass is 10.1. The molecule has 1 atom stereocenters. The SMILES string of the molecule is COCCNC(=O)[C@H](C)Sc1cc(C)c2cccc(C)c2n1. The van der Waals surface area contributed by atoms with Crippen molar-refractivity contribution in [2.75, 3.05) is 20.3 Å². The fraction of sp³-hybridized carbons (Fsp3) is 0.412. The first-order chi connectivity index (χ1) is 10.5. The molecular weight excluding hydrogens is 296 g/mol. The van der Waals surface area contributed by atoms with Gasteiger partial charge < -0.3 is 10.1 Å². The number of nitrogens with one attached hydrogen (secondary N) is 1. The van der Waals surface area contributed by atoms with Crippen LogP contribution in [0.4, 0.5) is 0 Å². The Labute approximate surface area is 135 Å². The molecule has 1 aromatic carbocycles. The van der Waals surface area contributed by atoms with E-state index in [4.69, 9.17) is 9.72 Å². The number of benzene rings is 1. The number of fused-ring (bicyclic) bond motifs is 1. The molecule has 2 aromatic rings. The minimum atomic E-state index is -0.190. The number of amides is 1. The lowest BCUT2D eigenvalue weighted by Gasteiger charge is -2.13. The minimum Gasteiger partial charge on any atom is -0.383 e. The summed E-state index contributed by atoms with van der Waals surface area (Å²) in [6.45, 7) is 7.09. The molecule has 1 N–H and O–H groups in total. The monoisotopic (exact) mass is 318 g/mol. The van der Waals surface area contributed by atoms with Crippen LogP contribution in [0, 0.1) is 13.8 Å². The Kier molecular flexibility index (Phi) is 5.80. The first-order valence-corrected chi connectivity index (χ1v) is 8.21. The Balaban J connectivity index is 2.14. The zero-order valence-electron chi connectivity index (χ0n) is 13.5. The molecule has 0 spiro atoms. The van der Waals surface area contributed by atoms with E-state index in [1.54, 1.807) is 7.11 Å². The fourth-order valence-corrected chi connectivity index (χ4v) is 3.19. The molecule has 1 amide bonds. The molecule has 1 aromatic heterocycles. The highest BCUT2D eigenvalue weighted by Gasteiger charge is 2.15. The number of thioether (sulfide) groups is 1. The molecule has 0 bridgehead atoms. The molecule has 4 nitrogen and oxygen atoms in total. The molecule has 0 fully saturated rings. The van der Waals surface area contributed by atoms with E-state index >= 15 is 0 Å². The van der Waals surface area contributed by atoms with Crippen molar-refractivity contribution in [3.05, 3.63) is 35.4 Å². The average Bonchev–Trinajstić information content (AvgIpc) is 2.48. The first kappa shape index (κ1) is 16.8. The lowest BCUT2D eigenvalue weighted by molar-refractivity contribution is -0.120. The van der Waals surface area contributed by atoms with Crippen molar-refractivity contribution in [3.63, 3.8) is 0 Å². The summed E-state index contributed by atoms with van der Waals surface area (Å²) < 4.78 is 4.93. The summed E-state index contributed by atoms with van der Waals surface area (Å²) in [5.74, 6) is 0.00591. The molecule has 0 aliphatic rings. The van der Waals surface area contributed by atoms with Gasteiger partial charge in [0.1, 0.15) is 0 Å². The van der Waals surface area contributed by atoms with E-state index in [2.05, 4.69) is 31.3 Å². The van der Waals surface area contributed by atoms with Gasteiger partial charge in [-0.1, -0.05) is 30.0 Å². The number of nitrogens with zero attached hydrogens (tertiary/aromatic N) is 1. The predicted octanol–water partition coefficient (Wildman–Crippen LogP) is 3.09. The number of carbonyl (C=O) groups excluding carboxylic acids is 1. The van der Waals surface area contributed by atoms with Gasteiger partial charge in [-0.3, -0.25) is 4.79 Å². The van der Waals surface area contributed by atoms with E-state index in [-0.39, 0.29) is 11.2 Å². The summed E-state index contributed by atoms with van der Waals surface area (Å²) in [4.78, 5) is 16.7. The Bertz CT molecular complexity index is 673. The third-order valence-corrected chi connectivity index (χ3v) is 4.52. The van der Waals surface area contributed by atoms with Crippen LogP contribution in [-0.2, 0) is 9.53 Å². The lowest BCUT2D eigenvalue weighted by Crippen LogP contribution is -2.33. The van der Waals surface area contributed by atoms with Crippen LogP contribution < -0.4 is 5.32 Å². The molecule has 22 heavy (non-hydrogen) atoms. The summed E-state index contributed by atoms with van der Waals surface area (Å²) >= 11 is 1.48. The number of hydrogen-bond acceptors (Lipinski definition) is 4. The van der Waals surface area contributed by atoms with Gasteiger partial charge in [0.15, 0.2) is 0 Å². The van der Waals surface area contributed by atoms with Gasteiger partial charge in [0.2, 0.25) is 5.91 Å². The molecule has 0 radical (unpaired) electrons. The van der Waals surface area contributed by atoms with Crippen molar-refractivity contribution >= 4 is 28.6 Å². The van der Waals surface area contributed by atoms with Crippen LogP contribution in [0.2, 0.25) is 0 Å². The summed E-state index contributed by atoms with van der Waals surface area (Å²) in [6, 6.07) is 8.24. The zero-order valence-corrected chi connectivity index (χ0v) is 14.3. The van der Waals surface area contributed by atoms with E-state index in [0.29, 0.717) is 13.2 Å². The van der Waals surface area contributed by atoms with Crippen molar-refractivity contribution in [1.82, 2.24) is 10.3 Å². The summed E-state index contributed by atoms with van der Waals surface area (Å²) in [7, 11) is 1.62. The van der Waals surface area contributed by atoms with Crippen LogP contribution in [-0.4, -0.2) is 36.4 Å². The second-order valence-corrected chi connectivity index (χ2v) is 6.65. The third-order valence-electron chi connectivity index (χ3n) is 3.50. The fourth-order valence-electron chi connectivity index (χ4n) is 2.25. The van der Waals surface area contributed by atoms with Crippen LogP contribution in [0.5, 0.6) is 0 Å². The van der Waals surface area contributed by atoms with Crippen molar-refractivity contribution in [1.29, 1.82) is 0 Å². The van der Waals surface area contributed by atoms with Gasteiger partial charge in [-0.15, -0.1) is 0 Å². The molecule has 0 saturated carbocycles. The largest absolute Gasteiger partial charge is 0.383 e. The molecule has 2 rings (SSSR count). The van der Waals surface area contributed by atoms with E-state index < -0.39 is 0 Å². The normalized spacial score (nSPS) is 12.4. The van der Waals surface area contributed by atoms with Gasteiger partial charge in [-0.25, -0.2) is 4.98 Å². The van der Waals surface area contributed by atoms with Gasteiger partial charge in [0.05, 0.1) is 22.4 Å². The van der Waals surface area contributed by atoms with E-state index in [0.717, 1.165) is 16.1 Å². The van der Waals surface area contributed by atoms with Gasteiger partial charge in [-0.2, -0.15) is 0 Å². The number of rotatable bonds is 6. The number of hydrogen-bond donors (Lipinski definition) is 1.